The summed E-state index contributed by atoms with van der Waals surface area (Å²) in [7, 11) is 9.03. The standard InChI is InChI=1S/C14H23NO.C3H7NO2.HI/c1-7-14(2,3)11-8-9-13(16)12(10-11)15(4,5)6;1-4(2)3(5)6;/h8-10H,7H2,1-6H3;1-2H3,(H,5,6);1H/p-1. The zero-order valence-corrected chi connectivity index (χ0v) is 17.6. The van der Waals surface area contributed by atoms with E-state index in [1.54, 1.807) is 0 Å². The van der Waals surface area contributed by atoms with Gasteiger partial charge in [0, 0.05) is 20.2 Å². The molecule has 0 bridgehead atoms. The van der Waals surface area contributed by atoms with Gasteiger partial charge in [0.1, 0.15) is 6.09 Å². The fraction of sp³-hybridized carbons (Fsp3) is 0.588. The van der Waals surface area contributed by atoms with E-state index in [4.69, 9.17) is 0 Å². The molecule has 6 heteroatoms. The summed E-state index contributed by atoms with van der Waals surface area (Å²) >= 11 is 0. The van der Waals surface area contributed by atoms with Crippen molar-refractivity contribution in [1.29, 1.82) is 0 Å². The van der Waals surface area contributed by atoms with Crippen molar-refractivity contribution in [2.24, 2.45) is 0 Å². The van der Waals surface area contributed by atoms with E-state index < -0.39 is 6.09 Å². The lowest BCUT2D eigenvalue weighted by molar-refractivity contribution is -0.262. The molecule has 1 rings (SSSR count). The summed E-state index contributed by atoms with van der Waals surface area (Å²) in [5.74, 6) is 0.378. The average Bonchev–Trinajstić information content (AvgIpc) is 2.38. The van der Waals surface area contributed by atoms with Crippen LogP contribution in [0.4, 0.5) is 10.5 Å². The predicted molar refractivity (Wildman–Crippen MR) is 90.1 cm³/mol. The maximum absolute atomic E-state index is 9.89. The summed E-state index contributed by atoms with van der Waals surface area (Å²) in [5, 5.41) is 19.4. The van der Waals surface area contributed by atoms with Gasteiger partial charge < -0.3 is 43.9 Å². The van der Waals surface area contributed by atoms with Gasteiger partial charge in [-0.05, 0) is 23.5 Å². The van der Waals surface area contributed by atoms with Crippen molar-refractivity contribution in [3.63, 3.8) is 0 Å². The molecule has 23 heavy (non-hydrogen) atoms. The second-order valence-corrected chi connectivity index (χ2v) is 7.11. The van der Waals surface area contributed by atoms with E-state index in [1.165, 1.54) is 19.7 Å². The Hall–Kier alpha value is -1.02. The van der Waals surface area contributed by atoms with Gasteiger partial charge in [0.25, 0.3) is 0 Å². The fourth-order valence-corrected chi connectivity index (χ4v) is 1.69. The molecule has 0 saturated carbocycles. The molecule has 1 aromatic carbocycles. The van der Waals surface area contributed by atoms with Gasteiger partial charge in [-0.3, -0.25) is 4.48 Å². The first-order chi connectivity index (χ1) is 9.82. The third-order valence-electron chi connectivity index (χ3n) is 3.73. The molecule has 0 spiro atoms. The van der Waals surface area contributed by atoms with Crippen LogP contribution in [0.3, 0.4) is 0 Å². The number of hydrogen-bond donors (Lipinski definition) is 1. The minimum Gasteiger partial charge on any atom is -1.00 e. The van der Waals surface area contributed by atoms with Crippen LogP contribution in [-0.2, 0) is 5.41 Å². The van der Waals surface area contributed by atoms with E-state index in [2.05, 4.69) is 48.0 Å². The zero-order chi connectivity index (χ0) is 17.7. The van der Waals surface area contributed by atoms with Crippen LogP contribution in [0.5, 0.6) is 5.75 Å². The Labute approximate surface area is 157 Å². The van der Waals surface area contributed by atoms with Gasteiger partial charge in [0.2, 0.25) is 0 Å². The highest BCUT2D eigenvalue weighted by molar-refractivity contribution is 5.61. The van der Waals surface area contributed by atoms with E-state index >= 15 is 0 Å². The van der Waals surface area contributed by atoms with Crippen LogP contribution in [0.25, 0.3) is 0 Å². The molecule has 0 aliphatic rings. The Morgan fingerprint density at radius 2 is 1.70 bits per heavy atom. The van der Waals surface area contributed by atoms with E-state index in [9.17, 15) is 15.0 Å². The number of nitrogens with zero attached hydrogens (tertiary/aromatic N) is 2. The number of hydrogen-bond acceptors (Lipinski definition) is 3. The van der Waals surface area contributed by atoms with Crippen LogP contribution in [-0.4, -0.2) is 51.3 Å². The molecule has 134 valence electrons. The number of carbonyl (C=O) groups excluding carboxylic acids is 1. The number of halogens is 1. The topological polar surface area (TPSA) is 63.6 Å². The largest absolute Gasteiger partial charge is 1.00 e. The van der Waals surface area contributed by atoms with Gasteiger partial charge in [0.15, 0.2) is 11.4 Å². The first-order valence-electron chi connectivity index (χ1n) is 7.36. The van der Waals surface area contributed by atoms with Crippen molar-refractivity contribution in [2.75, 3.05) is 35.2 Å². The highest BCUT2D eigenvalue weighted by Crippen LogP contribution is 2.35. The molecule has 1 N–H and O–H groups in total. The summed E-state index contributed by atoms with van der Waals surface area (Å²) in [5.41, 5.74) is 2.42. The molecule has 0 aliphatic heterocycles. The lowest BCUT2D eigenvalue weighted by Gasteiger charge is -2.28. The molecule has 1 amide bonds. The summed E-state index contributed by atoms with van der Waals surface area (Å²) in [6.07, 6.45) is -0.0658. The summed E-state index contributed by atoms with van der Waals surface area (Å²) < 4.78 is 0.638. The number of rotatable bonds is 3. The predicted octanol–water partition coefficient (Wildman–Crippen LogP) is -0.828. The van der Waals surface area contributed by atoms with Gasteiger partial charge in [-0.25, -0.2) is 0 Å². The SMILES string of the molecule is CCC(C)(C)c1ccc(O)c([N+](C)(C)C)c1.CN(C)C(=O)[O-].[I-]. The Bertz CT molecular complexity index is 509. The van der Waals surface area contributed by atoms with Crippen molar-refractivity contribution in [3.05, 3.63) is 23.8 Å². The smallest absolute Gasteiger partial charge is 0.177 e. The zero-order valence-electron chi connectivity index (χ0n) is 15.5. The van der Waals surface area contributed by atoms with E-state index in [0.29, 0.717) is 10.2 Å². The van der Waals surface area contributed by atoms with Crippen LogP contribution < -0.4 is 33.6 Å². The Morgan fingerprint density at radius 1 is 1.26 bits per heavy atom. The Balaban J connectivity index is 0. The first kappa shape index (κ1) is 24.2. The first-order valence-corrected chi connectivity index (χ1v) is 7.36. The van der Waals surface area contributed by atoms with E-state index in [1.807, 2.05) is 12.1 Å². The molecule has 5 nitrogen and oxygen atoms in total. The second kappa shape index (κ2) is 9.32. The average molecular weight is 437 g/mol. The normalized spacial score (nSPS) is 11.0. The molecule has 0 saturated heterocycles. The molecule has 0 unspecified atom stereocenters. The maximum Gasteiger partial charge on any atom is 0.177 e. The number of carbonyl (C=O) groups is 1. The van der Waals surface area contributed by atoms with Crippen LogP contribution >= 0.6 is 0 Å². The monoisotopic (exact) mass is 437 g/mol. The highest BCUT2D eigenvalue weighted by Gasteiger charge is 2.24. The number of phenols is 1. The number of phenolic OH excluding ortho intramolecular Hbond substituents is 1. The molecule has 0 radical (unpaired) electrons. The van der Waals surface area contributed by atoms with Gasteiger partial charge in [-0.2, -0.15) is 0 Å². The Kier molecular flexibility index (Phi) is 9.82. The molecule has 0 fully saturated rings. The summed E-state index contributed by atoms with van der Waals surface area (Å²) in [6.45, 7) is 6.66. The van der Waals surface area contributed by atoms with Gasteiger partial charge in [-0.15, -0.1) is 0 Å². The van der Waals surface area contributed by atoms with Gasteiger partial charge >= 0.3 is 0 Å². The van der Waals surface area contributed by atoms with E-state index in [-0.39, 0.29) is 29.4 Å². The quantitative estimate of drug-likeness (QED) is 0.496. The fourth-order valence-electron chi connectivity index (χ4n) is 1.69. The molecule has 0 atom stereocenters. The van der Waals surface area contributed by atoms with Crippen molar-refractivity contribution in [1.82, 2.24) is 9.38 Å². The van der Waals surface area contributed by atoms with Crippen molar-refractivity contribution in [3.8, 4) is 5.75 Å². The minimum absolute atomic E-state index is 0. The molecule has 0 heterocycles. The number of aromatic hydroxyl groups is 1. The van der Waals surface area contributed by atoms with Crippen molar-refractivity contribution < 1.29 is 39.0 Å². The van der Waals surface area contributed by atoms with Crippen LogP contribution in [0.1, 0.15) is 32.8 Å². The second-order valence-electron chi connectivity index (χ2n) is 7.11. The minimum atomic E-state index is -1.16. The lowest BCUT2D eigenvalue weighted by atomic mass is 9.82. The van der Waals surface area contributed by atoms with Crippen molar-refractivity contribution >= 4 is 11.8 Å². The summed E-state index contributed by atoms with van der Waals surface area (Å²) in [6, 6.07) is 5.96. The van der Waals surface area contributed by atoms with Crippen LogP contribution in [0.2, 0.25) is 0 Å². The molecular weight excluding hydrogens is 407 g/mol. The number of quaternary nitrogens is 1. The number of amides is 1. The highest BCUT2D eigenvalue weighted by atomic mass is 127. The maximum atomic E-state index is 9.89. The third-order valence-corrected chi connectivity index (χ3v) is 3.73. The Morgan fingerprint density at radius 3 is 2.00 bits per heavy atom. The third kappa shape index (κ3) is 7.87. The van der Waals surface area contributed by atoms with Crippen LogP contribution in [0, 0.1) is 0 Å². The molecule has 0 aliphatic carbocycles. The van der Waals surface area contributed by atoms with Crippen molar-refractivity contribution in [2.45, 2.75) is 32.6 Å². The van der Waals surface area contributed by atoms with Crippen LogP contribution in [0.15, 0.2) is 18.2 Å². The van der Waals surface area contributed by atoms with Gasteiger partial charge in [0.05, 0.1) is 21.1 Å². The molecule has 0 aromatic heterocycles. The number of benzene rings is 1. The van der Waals surface area contributed by atoms with Gasteiger partial charge in [-0.1, -0.05) is 26.8 Å². The van der Waals surface area contributed by atoms with E-state index in [0.717, 1.165) is 17.0 Å². The summed E-state index contributed by atoms with van der Waals surface area (Å²) in [4.78, 5) is 10.5. The number of carboxylic acid groups (broad SMARTS) is 1. The molecule has 1 aromatic rings. The molecular formula is C17H30IN2O3-. The lowest BCUT2D eigenvalue weighted by Crippen LogP contribution is -3.00.